The molecule has 150 valence electrons. The maximum absolute atomic E-state index is 12.5. The Balaban J connectivity index is 1.52. The summed E-state index contributed by atoms with van der Waals surface area (Å²) in [4.78, 5) is 17.2. The zero-order chi connectivity index (χ0) is 21.1. The first kappa shape index (κ1) is 20.4. The number of amides is 1. The minimum atomic E-state index is -0.255. The Hall–Kier alpha value is -2.86. The second kappa shape index (κ2) is 8.88. The Morgan fingerprint density at radius 2 is 1.83 bits per heavy atom. The maximum atomic E-state index is 12.5. The van der Waals surface area contributed by atoms with Gasteiger partial charge < -0.3 is 10.6 Å². The highest BCUT2D eigenvalue weighted by atomic mass is 35.5. The molecule has 3 aromatic carbocycles. The Labute approximate surface area is 188 Å². The van der Waals surface area contributed by atoms with E-state index in [2.05, 4.69) is 15.6 Å². The number of hydrogen-bond donors (Lipinski definition) is 2. The first-order valence-electron chi connectivity index (χ1n) is 9.14. The average molecular weight is 454 g/mol. The van der Waals surface area contributed by atoms with Crippen molar-refractivity contribution in [1.82, 2.24) is 4.98 Å². The predicted octanol–water partition coefficient (Wildman–Crippen LogP) is 7.42. The van der Waals surface area contributed by atoms with Crippen LogP contribution in [-0.4, -0.2) is 10.9 Å². The van der Waals surface area contributed by atoms with E-state index < -0.39 is 0 Å². The van der Waals surface area contributed by atoms with Crippen molar-refractivity contribution in [1.29, 1.82) is 0 Å². The van der Waals surface area contributed by atoms with Gasteiger partial charge in [-0.3, -0.25) is 4.79 Å². The molecule has 2 N–H and O–H groups in total. The molecule has 7 heteroatoms. The van der Waals surface area contributed by atoms with E-state index in [0.717, 1.165) is 27.6 Å². The second-order valence-electron chi connectivity index (χ2n) is 6.64. The number of carbonyl (C=O) groups excluding carboxylic acids is 1. The maximum Gasteiger partial charge on any atom is 0.257 e. The largest absolute Gasteiger partial charge is 0.331 e. The molecule has 4 aromatic rings. The van der Waals surface area contributed by atoms with E-state index >= 15 is 0 Å². The number of carbonyl (C=O) groups is 1. The van der Waals surface area contributed by atoms with E-state index in [1.165, 1.54) is 11.3 Å². The molecule has 1 aromatic heterocycles. The zero-order valence-electron chi connectivity index (χ0n) is 15.9. The van der Waals surface area contributed by atoms with E-state index in [1.54, 1.807) is 24.3 Å². The summed E-state index contributed by atoms with van der Waals surface area (Å²) >= 11 is 13.7. The Morgan fingerprint density at radius 1 is 1.00 bits per heavy atom. The first-order chi connectivity index (χ1) is 14.5. The number of aryl methyl sites for hydroxylation is 1. The van der Waals surface area contributed by atoms with Crippen molar-refractivity contribution in [2.24, 2.45) is 0 Å². The Bertz CT molecular complexity index is 1220. The first-order valence-corrected chi connectivity index (χ1v) is 10.8. The summed E-state index contributed by atoms with van der Waals surface area (Å²) in [5, 5.41) is 10.0. The molecule has 0 bridgehead atoms. The predicted molar refractivity (Wildman–Crippen MR) is 126 cm³/mol. The lowest BCUT2D eigenvalue weighted by atomic mass is 10.1. The van der Waals surface area contributed by atoms with E-state index in [9.17, 15) is 4.79 Å². The zero-order valence-corrected chi connectivity index (χ0v) is 18.3. The molecule has 4 nitrogen and oxygen atoms in total. The molecule has 0 atom stereocenters. The lowest BCUT2D eigenvalue weighted by Crippen LogP contribution is -2.12. The number of thiazole rings is 1. The Kier molecular flexibility index (Phi) is 6.04. The van der Waals surface area contributed by atoms with Crippen LogP contribution in [0.15, 0.2) is 72.1 Å². The van der Waals surface area contributed by atoms with Crippen LogP contribution in [0.25, 0.3) is 11.3 Å². The van der Waals surface area contributed by atoms with Gasteiger partial charge in [-0.15, -0.1) is 11.3 Å². The standard InChI is InChI=1S/C23H17Cl2N3OS/c1-14-9-10-16(24)12-20(14)27-23-28-21(13-30-23)15-5-4-6-17(11-15)26-22(29)18-7-2-3-8-19(18)25/h2-13H,1H3,(H,26,29)(H,27,28). The molecule has 1 heterocycles. The number of nitrogens with one attached hydrogen (secondary N) is 2. The molecule has 0 aliphatic carbocycles. The number of hydrogen-bond acceptors (Lipinski definition) is 4. The van der Waals surface area contributed by atoms with Gasteiger partial charge in [0.25, 0.3) is 5.91 Å². The number of benzene rings is 3. The third-order valence-corrected chi connectivity index (χ3v) is 5.80. The molecular weight excluding hydrogens is 437 g/mol. The fourth-order valence-electron chi connectivity index (χ4n) is 2.91. The van der Waals surface area contributed by atoms with Gasteiger partial charge in [-0.05, 0) is 48.9 Å². The van der Waals surface area contributed by atoms with Gasteiger partial charge in [0.2, 0.25) is 0 Å². The summed E-state index contributed by atoms with van der Waals surface area (Å²) in [6, 6.07) is 20.2. The van der Waals surface area contributed by atoms with Gasteiger partial charge in [-0.1, -0.05) is 53.5 Å². The number of anilines is 3. The van der Waals surface area contributed by atoms with Crippen LogP contribution >= 0.6 is 34.5 Å². The van der Waals surface area contributed by atoms with Crippen molar-refractivity contribution in [3.63, 3.8) is 0 Å². The molecule has 0 aliphatic heterocycles. The summed E-state index contributed by atoms with van der Waals surface area (Å²) in [6.45, 7) is 2.01. The van der Waals surface area contributed by atoms with E-state index in [4.69, 9.17) is 23.2 Å². The normalized spacial score (nSPS) is 10.6. The van der Waals surface area contributed by atoms with Crippen LogP contribution in [0.1, 0.15) is 15.9 Å². The van der Waals surface area contributed by atoms with Crippen LogP contribution in [0, 0.1) is 6.92 Å². The highest BCUT2D eigenvalue weighted by molar-refractivity contribution is 7.14. The monoisotopic (exact) mass is 453 g/mol. The van der Waals surface area contributed by atoms with Crippen LogP contribution in [0.5, 0.6) is 0 Å². The van der Waals surface area contributed by atoms with Gasteiger partial charge in [0, 0.05) is 27.3 Å². The van der Waals surface area contributed by atoms with E-state index in [-0.39, 0.29) is 5.91 Å². The van der Waals surface area contributed by atoms with Crippen LogP contribution in [-0.2, 0) is 0 Å². The minimum absolute atomic E-state index is 0.255. The lowest BCUT2D eigenvalue weighted by Gasteiger charge is -2.08. The molecule has 0 aliphatic rings. The third-order valence-electron chi connectivity index (χ3n) is 4.48. The van der Waals surface area contributed by atoms with Crippen molar-refractivity contribution < 1.29 is 4.79 Å². The van der Waals surface area contributed by atoms with Gasteiger partial charge in [0.05, 0.1) is 16.3 Å². The van der Waals surface area contributed by atoms with Crippen LogP contribution in [0.3, 0.4) is 0 Å². The molecule has 0 spiro atoms. The van der Waals surface area contributed by atoms with Gasteiger partial charge >= 0.3 is 0 Å². The van der Waals surface area contributed by atoms with Gasteiger partial charge in [0.1, 0.15) is 0 Å². The van der Waals surface area contributed by atoms with Gasteiger partial charge in [-0.2, -0.15) is 0 Å². The molecule has 4 rings (SSSR count). The van der Waals surface area contributed by atoms with Crippen molar-refractivity contribution in [3.05, 3.63) is 93.3 Å². The smallest absolute Gasteiger partial charge is 0.257 e. The van der Waals surface area contributed by atoms with Crippen LogP contribution in [0.2, 0.25) is 10.0 Å². The van der Waals surface area contributed by atoms with Crippen molar-refractivity contribution in [2.75, 3.05) is 10.6 Å². The molecule has 0 radical (unpaired) electrons. The minimum Gasteiger partial charge on any atom is -0.331 e. The third kappa shape index (κ3) is 4.65. The van der Waals surface area contributed by atoms with Crippen molar-refractivity contribution in [2.45, 2.75) is 6.92 Å². The summed E-state index contributed by atoms with van der Waals surface area (Å²) in [5.74, 6) is -0.255. The molecule has 0 saturated heterocycles. The molecule has 0 saturated carbocycles. The van der Waals surface area contributed by atoms with Gasteiger partial charge in [-0.25, -0.2) is 4.98 Å². The number of rotatable bonds is 5. The second-order valence-corrected chi connectivity index (χ2v) is 8.34. The lowest BCUT2D eigenvalue weighted by molar-refractivity contribution is 0.102. The molecule has 0 unspecified atom stereocenters. The average Bonchev–Trinajstić information content (AvgIpc) is 3.20. The summed E-state index contributed by atoms with van der Waals surface area (Å²) in [5.41, 5.74) is 4.83. The molecule has 1 amide bonds. The fraction of sp³-hybridized carbons (Fsp3) is 0.0435. The molecular formula is C23H17Cl2N3OS. The summed E-state index contributed by atoms with van der Waals surface area (Å²) < 4.78 is 0. The SMILES string of the molecule is Cc1ccc(Cl)cc1Nc1nc(-c2cccc(NC(=O)c3ccccc3Cl)c2)cs1. The number of nitrogens with zero attached hydrogens (tertiary/aromatic N) is 1. The highest BCUT2D eigenvalue weighted by Gasteiger charge is 2.11. The topological polar surface area (TPSA) is 54.0 Å². The highest BCUT2D eigenvalue weighted by Crippen LogP contribution is 2.30. The Morgan fingerprint density at radius 3 is 2.67 bits per heavy atom. The van der Waals surface area contributed by atoms with Crippen LogP contribution < -0.4 is 10.6 Å². The van der Waals surface area contributed by atoms with Crippen molar-refractivity contribution in [3.8, 4) is 11.3 Å². The van der Waals surface area contributed by atoms with E-state index in [1.807, 2.05) is 54.8 Å². The van der Waals surface area contributed by atoms with Crippen molar-refractivity contribution >= 4 is 57.0 Å². The van der Waals surface area contributed by atoms with Gasteiger partial charge in [0.15, 0.2) is 5.13 Å². The van der Waals surface area contributed by atoms with Crippen LogP contribution in [0.4, 0.5) is 16.5 Å². The quantitative estimate of drug-likeness (QED) is 0.330. The fourth-order valence-corrected chi connectivity index (χ4v) is 4.03. The molecule has 30 heavy (non-hydrogen) atoms. The summed E-state index contributed by atoms with van der Waals surface area (Å²) in [7, 11) is 0. The molecule has 0 fully saturated rings. The number of aromatic nitrogens is 1. The van der Waals surface area contributed by atoms with E-state index in [0.29, 0.717) is 21.3 Å². The summed E-state index contributed by atoms with van der Waals surface area (Å²) in [6.07, 6.45) is 0. The number of halogens is 2.